The molecule has 2 aromatic rings. The molecule has 0 fully saturated rings. The van der Waals surface area contributed by atoms with Gasteiger partial charge in [-0.1, -0.05) is 35.7 Å². The number of nitrogens with zero attached hydrogens (tertiary/aromatic N) is 1. The highest BCUT2D eigenvalue weighted by atomic mass is 35.5. The van der Waals surface area contributed by atoms with Crippen LogP contribution >= 0.6 is 23.2 Å². The summed E-state index contributed by atoms with van der Waals surface area (Å²) in [5.74, 6) is 0.0283. The Bertz CT molecular complexity index is 1000. The van der Waals surface area contributed by atoms with E-state index in [1.54, 1.807) is 12.1 Å². The highest BCUT2D eigenvalue weighted by Gasteiger charge is 2.18. The van der Waals surface area contributed by atoms with E-state index in [1.807, 2.05) is 0 Å². The predicted octanol–water partition coefficient (Wildman–Crippen LogP) is 4.50. The SMILES string of the molecule is O=C(Nc1cccc(S(=O)(=O)NC2=NCCCCC2)c1)c1cc(Cl)cc(Cl)c1. The molecular formula is C19H19Cl2N3O3S. The van der Waals surface area contributed by atoms with Gasteiger partial charge in [0.1, 0.15) is 5.84 Å². The standard InChI is InChI=1S/C19H19Cl2N3O3S/c20-14-9-13(10-15(21)11-14)19(25)23-16-5-4-6-17(12-16)28(26,27)24-18-7-2-1-3-8-22-18/h4-6,9-12H,1-3,7-8H2,(H,22,24)(H,23,25). The maximum absolute atomic E-state index is 12.7. The molecule has 0 spiro atoms. The predicted molar refractivity (Wildman–Crippen MR) is 112 cm³/mol. The summed E-state index contributed by atoms with van der Waals surface area (Å²) < 4.78 is 27.9. The molecule has 2 N–H and O–H groups in total. The van der Waals surface area contributed by atoms with E-state index in [0.29, 0.717) is 34.5 Å². The third-order valence-electron chi connectivity index (χ3n) is 4.15. The fourth-order valence-corrected chi connectivity index (χ4v) is 4.46. The van der Waals surface area contributed by atoms with Gasteiger partial charge in [0.2, 0.25) is 0 Å². The number of amides is 1. The Kier molecular flexibility index (Phi) is 6.59. The van der Waals surface area contributed by atoms with Crippen LogP contribution in [0.1, 0.15) is 36.0 Å². The van der Waals surface area contributed by atoms with Gasteiger partial charge in [-0.2, -0.15) is 0 Å². The van der Waals surface area contributed by atoms with Crippen molar-refractivity contribution in [2.75, 3.05) is 11.9 Å². The summed E-state index contributed by atoms with van der Waals surface area (Å²) in [6.07, 6.45) is 3.49. The van der Waals surface area contributed by atoms with Gasteiger partial charge in [-0.3, -0.25) is 14.5 Å². The van der Waals surface area contributed by atoms with Crippen molar-refractivity contribution >= 4 is 50.7 Å². The molecule has 1 heterocycles. The molecular weight excluding hydrogens is 421 g/mol. The number of amidine groups is 1. The van der Waals surface area contributed by atoms with E-state index in [9.17, 15) is 13.2 Å². The lowest BCUT2D eigenvalue weighted by molar-refractivity contribution is 0.102. The lowest BCUT2D eigenvalue weighted by Crippen LogP contribution is -2.30. The van der Waals surface area contributed by atoms with E-state index in [0.717, 1.165) is 19.3 Å². The number of nitrogens with one attached hydrogen (secondary N) is 2. The van der Waals surface area contributed by atoms with Crippen LogP contribution in [-0.4, -0.2) is 26.7 Å². The van der Waals surface area contributed by atoms with E-state index >= 15 is 0 Å². The van der Waals surface area contributed by atoms with Crippen molar-refractivity contribution in [3.63, 3.8) is 0 Å². The normalized spacial score (nSPS) is 14.7. The molecule has 0 aliphatic carbocycles. The Labute approximate surface area is 174 Å². The van der Waals surface area contributed by atoms with E-state index in [2.05, 4.69) is 15.0 Å². The fraction of sp³-hybridized carbons (Fsp3) is 0.263. The molecule has 0 unspecified atom stereocenters. The van der Waals surface area contributed by atoms with Gasteiger partial charge in [0.05, 0.1) is 4.90 Å². The zero-order chi connectivity index (χ0) is 20.1. The molecule has 148 valence electrons. The first-order valence-corrected chi connectivity index (χ1v) is 11.0. The second-order valence-electron chi connectivity index (χ2n) is 6.38. The number of hydrogen-bond donors (Lipinski definition) is 2. The lowest BCUT2D eigenvalue weighted by atomic mass is 10.2. The molecule has 0 radical (unpaired) electrons. The number of aliphatic imine (C=N–C) groups is 1. The first-order chi connectivity index (χ1) is 13.3. The molecule has 28 heavy (non-hydrogen) atoms. The monoisotopic (exact) mass is 439 g/mol. The highest BCUT2D eigenvalue weighted by Crippen LogP contribution is 2.21. The molecule has 3 rings (SSSR count). The second-order valence-corrected chi connectivity index (χ2v) is 8.94. The Morgan fingerprint density at radius 1 is 1.00 bits per heavy atom. The molecule has 0 saturated carbocycles. The number of carbonyl (C=O) groups excluding carboxylic acids is 1. The molecule has 2 aromatic carbocycles. The average Bonchev–Trinajstić information content (AvgIpc) is 2.89. The average molecular weight is 440 g/mol. The summed E-state index contributed by atoms with van der Waals surface area (Å²) >= 11 is 11.8. The first-order valence-electron chi connectivity index (χ1n) is 8.77. The lowest BCUT2D eigenvalue weighted by Gasteiger charge is -2.11. The van der Waals surface area contributed by atoms with Gasteiger partial charge in [0, 0.05) is 34.3 Å². The van der Waals surface area contributed by atoms with E-state index in [1.165, 1.54) is 30.3 Å². The van der Waals surface area contributed by atoms with Gasteiger partial charge in [0.25, 0.3) is 15.9 Å². The van der Waals surface area contributed by atoms with Crippen molar-refractivity contribution in [2.24, 2.45) is 4.99 Å². The molecule has 9 heteroatoms. The zero-order valence-corrected chi connectivity index (χ0v) is 17.2. The first kappa shape index (κ1) is 20.6. The van der Waals surface area contributed by atoms with Crippen molar-refractivity contribution in [1.82, 2.24) is 4.72 Å². The molecule has 0 atom stereocenters. The van der Waals surface area contributed by atoms with Crippen molar-refractivity contribution in [2.45, 2.75) is 30.6 Å². The van der Waals surface area contributed by atoms with Crippen LogP contribution in [0.5, 0.6) is 0 Å². The van der Waals surface area contributed by atoms with Crippen LogP contribution in [0.15, 0.2) is 52.4 Å². The zero-order valence-electron chi connectivity index (χ0n) is 14.9. The molecule has 1 aliphatic heterocycles. The third-order valence-corrected chi connectivity index (χ3v) is 5.97. The van der Waals surface area contributed by atoms with Crippen LogP contribution in [0.2, 0.25) is 10.0 Å². The second kappa shape index (κ2) is 8.94. The molecule has 0 bridgehead atoms. The summed E-state index contributed by atoms with van der Waals surface area (Å²) in [4.78, 5) is 16.8. The minimum Gasteiger partial charge on any atom is -0.322 e. The molecule has 1 amide bonds. The van der Waals surface area contributed by atoms with Crippen LogP contribution < -0.4 is 10.0 Å². The van der Waals surface area contributed by atoms with Crippen molar-refractivity contribution in [3.05, 3.63) is 58.1 Å². The molecule has 6 nitrogen and oxygen atoms in total. The number of carbonyl (C=O) groups is 1. The van der Waals surface area contributed by atoms with Crippen LogP contribution in [0, 0.1) is 0 Å². The van der Waals surface area contributed by atoms with E-state index in [-0.39, 0.29) is 10.5 Å². The molecule has 0 saturated heterocycles. The minimum atomic E-state index is -3.79. The quantitative estimate of drug-likeness (QED) is 0.734. The maximum Gasteiger partial charge on any atom is 0.262 e. The largest absolute Gasteiger partial charge is 0.322 e. The van der Waals surface area contributed by atoms with Crippen molar-refractivity contribution < 1.29 is 13.2 Å². The summed E-state index contributed by atoms with van der Waals surface area (Å²) in [6, 6.07) is 10.5. The van der Waals surface area contributed by atoms with Gasteiger partial charge in [0.15, 0.2) is 0 Å². The Balaban J connectivity index is 1.77. The van der Waals surface area contributed by atoms with Crippen molar-refractivity contribution in [1.29, 1.82) is 0 Å². The van der Waals surface area contributed by atoms with Crippen LogP contribution in [-0.2, 0) is 10.0 Å². The van der Waals surface area contributed by atoms with Gasteiger partial charge < -0.3 is 5.32 Å². The van der Waals surface area contributed by atoms with Gasteiger partial charge in [-0.05, 0) is 49.2 Å². The number of anilines is 1. The Morgan fingerprint density at radius 3 is 2.50 bits per heavy atom. The minimum absolute atomic E-state index is 0.0429. The number of halogens is 2. The van der Waals surface area contributed by atoms with E-state index < -0.39 is 15.9 Å². The van der Waals surface area contributed by atoms with Gasteiger partial charge >= 0.3 is 0 Å². The summed E-state index contributed by atoms with van der Waals surface area (Å²) in [5.41, 5.74) is 0.614. The fourth-order valence-electron chi connectivity index (χ4n) is 2.80. The van der Waals surface area contributed by atoms with Crippen LogP contribution in [0.4, 0.5) is 5.69 Å². The van der Waals surface area contributed by atoms with Crippen LogP contribution in [0.25, 0.3) is 0 Å². The smallest absolute Gasteiger partial charge is 0.262 e. The Hall–Kier alpha value is -2.09. The molecule has 1 aliphatic rings. The van der Waals surface area contributed by atoms with Gasteiger partial charge in [-0.15, -0.1) is 0 Å². The maximum atomic E-state index is 12.7. The topological polar surface area (TPSA) is 87.6 Å². The number of benzene rings is 2. The van der Waals surface area contributed by atoms with E-state index in [4.69, 9.17) is 23.2 Å². The molecule has 0 aromatic heterocycles. The van der Waals surface area contributed by atoms with Crippen LogP contribution in [0.3, 0.4) is 0 Å². The summed E-state index contributed by atoms with van der Waals surface area (Å²) in [6.45, 7) is 0.621. The summed E-state index contributed by atoms with van der Waals surface area (Å²) in [5, 5.41) is 3.33. The third kappa shape index (κ3) is 5.47. The number of rotatable bonds is 4. The van der Waals surface area contributed by atoms with Gasteiger partial charge in [-0.25, -0.2) is 8.42 Å². The Morgan fingerprint density at radius 2 is 1.75 bits per heavy atom. The number of hydrogen-bond acceptors (Lipinski definition) is 4. The number of sulfonamides is 1. The highest BCUT2D eigenvalue weighted by molar-refractivity contribution is 7.90. The van der Waals surface area contributed by atoms with Crippen molar-refractivity contribution in [3.8, 4) is 0 Å². The summed E-state index contributed by atoms with van der Waals surface area (Å²) in [7, 11) is -3.79.